The number of aliphatic hydroxyl groups excluding tert-OH is 3. The standard InChI is InChI=1S/C25H37ClN2O8S/c1-3-6-14-11-16(27-12-14)23(33)28-18(13(2)26)22-20(31)19(30)21(32)25(36-22)37-10-9-35-24(34)15-7-4-5-8-17(15)29/h4-5,7-8,13-14,16,18-22,25,27,29-32H,3,6,9-12H2,1-2H3,(H,28,33)/t13-,14+,16-,18+,19-,20+,21+,22+,25+/m0/s1. The average Bonchev–Trinajstić information content (AvgIpc) is 3.34. The van der Waals surface area contributed by atoms with Crippen molar-refractivity contribution >= 4 is 35.2 Å². The summed E-state index contributed by atoms with van der Waals surface area (Å²) in [7, 11) is 0. The first kappa shape index (κ1) is 29.9. The van der Waals surface area contributed by atoms with Crippen LogP contribution in [0.15, 0.2) is 24.3 Å². The predicted molar refractivity (Wildman–Crippen MR) is 140 cm³/mol. The van der Waals surface area contributed by atoms with Gasteiger partial charge in [-0.2, -0.15) is 0 Å². The van der Waals surface area contributed by atoms with E-state index in [1.807, 2.05) is 0 Å². The highest BCUT2D eigenvalue weighted by Crippen LogP contribution is 2.32. The Morgan fingerprint density at radius 3 is 2.65 bits per heavy atom. The van der Waals surface area contributed by atoms with E-state index in [0.29, 0.717) is 12.3 Å². The fraction of sp³-hybridized carbons (Fsp3) is 0.680. The molecule has 37 heavy (non-hydrogen) atoms. The minimum absolute atomic E-state index is 0.0347. The largest absolute Gasteiger partial charge is 0.507 e. The number of carbonyl (C=O) groups excluding carboxylic acids is 2. The molecule has 10 nitrogen and oxygen atoms in total. The molecule has 2 saturated heterocycles. The summed E-state index contributed by atoms with van der Waals surface area (Å²) in [6, 6.07) is 4.79. The Bertz CT molecular complexity index is 909. The van der Waals surface area contributed by atoms with Gasteiger partial charge in [0.2, 0.25) is 5.91 Å². The molecule has 0 aromatic heterocycles. The number of aromatic hydroxyl groups is 1. The first-order valence-corrected chi connectivity index (χ1v) is 14.1. The zero-order valence-electron chi connectivity index (χ0n) is 21.0. The third-order valence-electron chi connectivity index (χ3n) is 6.72. The highest BCUT2D eigenvalue weighted by molar-refractivity contribution is 7.99. The number of alkyl halides is 1. The number of phenols is 1. The maximum Gasteiger partial charge on any atom is 0.341 e. The van der Waals surface area contributed by atoms with Crippen molar-refractivity contribution in [3.8, 4) is 5.75 Å². The molecule has 1 amide bonds. The molecule has 0 saturated carbocycles. The third kappa shape index (κ3) is 7.72. The topological polar surface area (TPSA) is 158 Å². The number of phenolic OH excluding ortho intramolecular Hbond substituents is 1. The second kappa shape index (κ2) is 14.0. The zero-order valence-corrected chi connectivity index (χ0v) is 22.5. The lowest BCUT2D eigenvalue weighted by Crippen LogP contribution is -2.65. The summed E-state index contributed by atoms with van der Waals surface area (Å²) in [6.07, 6.45) is -2.74. The van der Waals surface area contributed by atoms with E-state index >= 15 is 0 Å². The van der Waals surface area contributed by atoms with Crippen LogP contribution in [0.4, 0.5) is 0 Å². The van der Waals surface area contributed by atoms with Gasteiger partial charge in [0.05, 0.1) is 17.5 Å². The molecule has 1 aromatic carbocycles. The number of hydrogen-bond acceptors (Lipinski definition) is 10. The maximum absolute atomic E-state index is 12.9. The van der Waals surface area contributed by atoms with Gasteiger partial charge in [-0.1, -0.05) is 25.5 Å². The summed E-state index contributed by atoms with van der Waals surface area (Å²) in [6.45, 7) is 4.47. The Balaban J connectivity index is 1.57. The third-order valence-corrected chi connectivity index (χ3v) is 8.11. The summed E-state index contributed by atoms with van der Waals surface area (Å²) in [5.41, 5.74) is -0.937. The van der Waals surface area contributed by atoms with E-state index in [9.17, 15) is 30.0 Å². The second-order valence-electron chi connectivity index (χ2n) is 9.53. The van der Waals surface area contributed by atoms with Crippen molar-refractivity contribution in [2.24, 2.45) is 5.92 Å². The summed E-state index contributed by atoms with van der Waals surface area (Å²) in [4.78, 5) is 25.1. The smallest absolute Gasteiger partial charge is 0.341 e. The SMILES string of the molecule is CCC[C@H]1CN[C@H](C(=O)N[C@@H]([C@H]2O[C@H](SCCOC(=O)c3ccccc3O)[C@H](O)[C@@H](O)[C@H]2O)[C@H](C)Cl)C1. The summed E-state index contributed by atoms with van der Waals surface area (Å²) >= 11 is 7.47. The summed E-state index contributed by atoms with van der Waals surface area (Å²) in [5.74, 6) is -0.523. The second-order valence-corrected chi connectivity index (χ2v) is 11.4. The minimum Gasteiger partial charge on any atom is -0.507 e. The van der Waals surface area contributed by atoms with Crippen molar-refractivity contribution in [1.82, 2.24) is 10.6 Å². The molecule has 0 bridgehead atoms. The molecule has 2 fully saturated rings. The molecule has 2 aliphatic heterocycles. The number of nitrogens with one attached hydrogen (secondary N) is 2. The van der Waals surface area contributed by atoms with Crippen LogP contribution in [0, 0.1) is 5.92 Å². The van der Waals surface area contributed by atoms with E-state index in [4.69, 9.17) is 21.1 Å². The Morgan fingerprint density at radius 2 is 1.97 bits per heavy atom. The lowest BCUT2D eigenvalue weighted by Gasteiger charge is -2.44. The normalized spacial score (nSPS) is 31.5. The van der Waals surface area contributed by atoms with Gasteiger partial charge in [0, 0.05) is 5.75 Å². The quantitative estimate of drug-likeness (QED) is 0.131. The summed E-state index contributed by atoms with van der Waals surface area (Å²) < 4.78 is 11.1. The number of rotatable bonds is 11. The van der Waals surface area contributed by atoms with Gasteiger partial charge in [-0.25, -0.2) is 4.79 Å². The van der Waals surface area contributed by atoms with Gasteiger partial charge in [-0.05, 0) is 44.4 Å². The van der Waals surface area contributed by atoms with Gasteiger partial charge in [0.1, 0.15) is 47.8 Å². The number of halogens is 1. The van der Waals surface area contributed by atoms with Crippen LogP contribution in [-0.4, -0.2) is 98.5 Å². The van der Waals surface area contributed by atoms with E-state index < -0.39 is 47.2 Å². The van der Waals surface area contributed by atoms with Crippen molar-refractivity contribution in [3.63, 3.8) is 0 Å². The van der Waals surface area contributed by atoms with Gasteiger partial charge < -0.3 is 40.5 Å². The van der Waals surface area contributed by atoms with Crippen molar-refractivity contribution in [2.45, 2.75) is 80.4 Å². The van der Waals surface area contributed by atoms with Gasteiger partial charge in [0.25, 0.3) is 0 Å². The molecule has 2 aliphatic rings. The van der Waals surface area contributed by atoms with E-state index in [1.54, 1.807) is 19.1 Å². The van der Waals surface area contributed by atoms with E-state index in [2.05, 4.69) is 17.6 Å². The number of aliphatic hydroxyl groups is 3. The predicted octanol–water partition coefficient (Wildman–Crippen LogP) is 0.980. The molecule has 12 heteroatoms. The molecular formula is C25H37ClN2O8S. The Kier molecular flexibility index (Phi) is 11.3. The fourth-order valence-corrected chi connectivity index (χ4v) is 5.87. The molecule has 0 spiro atoms. The van der Waals surface area contributed by atoms with Crippen molar-refractivity contribution in [1.29, 1.82) is 0 Å². The number of ether oxygens (including phenoxy) is 2. The van der Waals surface area contributed by atoms with Crippen molar-refractivity contribution in [3.05, 3.63) is 29.8 Å². The number of esters is 1. The average molecular weight is 561 g/mol. The van der Waals surface area contributed by atoms with E-state index in [-0.39, 0.29) is 35.6 Å². The van der Waals surface area contributed by atoms with Crippen molar-refractivity contribution in [2.75, 3.05) is 18.9 Å². The Morgan fingerprint density at radius 1 is 1.24 bits per heavy atom. The Hall–Kier alpha value is -1.60. The molecule has 0 unspecified atom stereocenters. The minimum atomic E-state index is -1.53. The maximum atomic E-state index is 12.9. The highest BCUT2D eigenvalue weighted by Gasteiger charge is 2.48. The molecule has 9 atom stereocenters. The number of para-hydroxylation sites is 1. The molecule has 2 heterocycles. The van der Waals surface area contributed by atoms with Crippen LogP contribution >= 0.6 is 23.4 Å². The number of hydrogen-bond donors (Lipinski definition) is 6. The van der Waals surface area contributed by atoms with Gasteiger partial charge in [-0.15, -0.1) is 23.4 Å². The van der Waals surface area contributed by atoms with Crippen LogP contribution in [0.2, 0.25) is 0 Å². The fourth-order valence-electron chi connectivity index (χ4n) is 4.69. The molecule has 1 aromatic rings. The monoisotopic (exact) mass is 560 g/mol. The molecule has 208 valence electrons. The van der Waals surface area contributed by atoms with E-state index in [0.717, 1.165) is 31.1 Å². The summed E-state index contributed by atoms with van der Waals surface area (Å²) in [5, 5.41) is 46.9. The molecule has 3 rings (SSSR count). The molecule has 0 aliphatic carbocycles. The van der Waals surface area contributed by atoms with Crippen LogP contribution in [0.3, 0.4) is 0 Å². The number of benzene rings is 1. The van der Waals surface area contributed by atoms with Crippen molar-refractivity contribution < 1.29 is 39.5 Å². The zero-order chi connectivity index (χ0) is 27.1. The number of amides is 1. The number of thioether (sulfide) groups is 1. The molecule has 6 N–H and O–H groups in total. The highest BCUT2D eigenvalue weighted by atomic mass is 35.5. The van der Waals surface area contributed by atoms with Crippen LogP contribution in [0.1, 0.15) is 43.5 Å². The molecule has 0 radical (unpaired) electrons. The van der Waals surface area contributed by atoms with Gasteiger partial charge >= 0.3 is 5.97 Å². The van der Waals surface area contributed by atoms with Crippen LogP contribution in [-0.2, 0) is 14.3 Å². The van der Waals surface area contributed by atoms with E-state index in [1.165, 1.54) is 12.1 Å². The van der Waals surface area contributed by atoms with Gasteiger partial charge in [0.15, 0.2) is 0 Å². The van der Waals surface area contributed by atoms with Crippen LogP contribution in [0.25, 0.3) is 0 Å². The van der Waals surface area contributed by atoms with Crippen LogP contribution < -0.4 is 10.6 Å². The lowest BCUT2D eigenvalue weighted by atomic mass is 9.92. The lowest BCUT2D eigenvalue weighted by molar-refractivity contribution is -0.205. The molecular weight excluding hydrogens is 524 g/mol. The van der Waals surface area contributed by atoms with Crippen LogP contribution in [0.5, 0.6) is 5.75 Å². The number of carbonyl (C=O) groups is 2. The Labute approximate surface area is 226 Å². The van der Waals surface area contributed by atoms with Gasteiger partial charge in [-0.3, -0.25) is 4.79 Å². The first-order valence-electron chi connectivity index (χ1n) is 12.6. The first-order chi connectivity index (χ1) is 17.6.